The van der Waals surface area contributed by atoms with Crippen molar-refractivity contribution >= 4 is 28.3 Å². The van der Waals surface area contributed by atoms with Crippen molar-refractivity contribution in [3.05, 3.63) is 53.6 Å². The van der Waals surface area contributed by atoms with Crippen LogP contribution in [0.5, 0.6) is 0 Å². The molecule has 0 amide bonds. The molecule has 1 N–H and O–H groups in total. The number of nitrogens with zero attached hydrogens (tertiary/aromatic N) is 3. The molecule has 1 aromatic carbocycles. The number of pyridine rings is 1. The van der Waals surface area contributed by atoms with Crippen molar-refractivity contribution in [3.8, 4) is 0 Å². The van der Waals surface area contributed by atoms with Gasteiger partial charge >= 0.3 is 0 Å². The molecule has 0 fully saturated rings. The van der Waals surface area contributed by atoms with E-state index in [1.165, 1.54) is 0 Å². The van der Waals surface area contributed by atoms with Crippen LogP contribution in [0.4, 0.5) is 5.69 Å². The number of para-hydroxylation sites is 2. The van der Waals surface area contributed by atoms with E-state index in [-0.39, 0.29) is 0 Å². The van der Waals surface area contributed by atoms with Crippen LogP contribution in [0.25, 0.3) is 11.0 Å². The Labute approximate surface area is 122 Å². The van der Waals surface area contributed by atoms with Crippen molar-refractivity contribution in [2.24, 2.45) is 0 Å². The summed E-state index contributed by atoms with van der Waals surface area (Å²) >= 11 is 6.07. The summed E-state index contributed by atoms with van der Waals surface area (Å²) in [4.78, 5) is 8.53. The standard InChI is InChI=1S/C15H15ClN4/c1-11-19-14-4-2-3-5-15(14)20(11)9-8-18-13-6-7-17-10-12(13)16/h2-7,10H,8-9H2,1H3,(H,17,18). The molecule has 0 spiro atoms. The van der Waals surface area contributed by atoms with E-state index in [1.807, 2.05) is 31.2 Å². The Morgan fingerprint density at radius 3 is 2.95 bits per heavy atom. The number of nitrogens with one attached hydrogen (secondary N) is 1. The van der Waals surface area contributed by atoms with Gasteiger partial charge in [0.15, 0.2) is 0 Å². The van der Waals surface area contributed by atoms with E-state index >= 15 is 0 Å². The molecule has 0 radical (unpaired) electrons. The van der Waals surface area contributed by atoms with Crippen LogP contribution in [-0.4, -0.2) is 21.1 Å². The maximum Gasteiger partial charge on any atom is 0.106 e. The van der Waals surface area contributed by atoms with Crippen LogP contribution in [0, 0.1) is 6.92 Å². The van der Waals surface area contributed by atoms with Gasteiger partial charge in [0.25, 0.3) is 0 Å². The number of halogens is 1. The molecule has 0 saturated heterocycles. The zero-order chi connectivity index (χ0) is 13.9. The minimum atomic E-state index is 0.639. The quantitative estimate of drug-likeness (QED) is 0.798. The average molecular weight is 287 g/mol. The maximum absolute atomic E-state index is 6.07. The van der Waals surface area contributed by atoms with Crippen LogP contribution in [0.3, 0.4) is 0 Å². The number of aromatic nitrogens is 3. The summed E-state index contributed by atoms with van der Waals surface area (Å²) in [5, 5.41) is 3.96. The van der Waals surface area contributed by atoms with Crippen molar-refractivity contribution in [3.63, 3.8) is 0 Å². The molecule has 3 rings (SSSR count). The van der Waals surface area contributed by atoms with Gasteiger partial charge in [-0.1, -0.05) is 23.7 Å². The molecular formula is C15H15ClN4. The lowest BCUT2D eigenvalue weighted by Gasteiger charge is -2.10. The molecule has 102 valence electrons. The normalized spacial score (nSPS) is 10.9. The van der Waals surface area contributed by atoms with Crippen molar-refractivity contribution in [2.75, 3.05) is 11.9 Å². The third-order valence-corrected chi connectivity index (χ3v) is 3.57. The second kappa shape index (κ2) is 5.51. The Morgan fingerprint density at radius 1 is 1.25 bits per heavy atom. The highest BCUT2D eigenvalue weighted by atomic mass is 35.5. The third-order valence-electron chi connectivity index (χ3n) is 3.27. The molecule has 0 atom stereocenters. The number of hydrogen-bond acceptors (Lipinski definition) is 3. The van der Waals surface area contributed by atoms with Crippen LogP contribution < -0.4 is 5.32 Å². The number of rotatable bonds is 4. The van der Waals surface area contributed by atoms with Crippen LogP contribution in [0.15, 0.2) is 42.7 Å². The first-order valence-corrected chi connectivity index (χ1v) is 6.89. The molecule has 0 aliphatic carbocycles. The molecule has 0 aliphatic heterocycles. The Morgan fingerprint density at radius 2 is 2.10 bits per heavy atom. The van der Waals surface area contributed by atoms with E-state index in [9.17, 15) is 0 Å². The zero-order valence-corrected chi connectivity index (χ0v) is 11.9. The first kappa shape index (κ1) is 12.9. The number of anilines is 1. The van der Waals surface area contributed by atoms with E-state index in [2.05, 4.69) is 25.9 Å². The number of aryl methyl sites for hydroxylation is 1. The van der Waals surface area contributed by atoms with Gasteiger partial charge in [-0.25, -0.2) is 4.98 Å². The fourth-order valence-corrected chi connectivity index (χ4v) is 2.49. The van der Waals surface area contributed by atoms with Crippen LogP contribution >= 0.6 is 11.6 Å². The van der Waals surface area contributed by atoms with Gasteiger partial charge in [-0.15, -0.1) is 0 Å². The highest BCUT2D eigenvalue weighted by Crippen LogP contribution is 2.19. The number of fused-ring (bicyclic) bond motifs is 1. The van der Waals surface area contributed by atoms with Gasteiger partial charge in [0.2, 0.25) is 0 Å². The molecule has 4 nitrogen and oxygen atoms in total. The summed E-state index contributed by atoms with van der Waals surface area (Å²) in [6.45, 7) is 3.65. The lowest BCUT2D eigenvalue weighted by molar-refractivity contribution is 0.721. The van der Waals surface area contributed by atoms with Gasteiger partial charge < -0.3 is 9.88 Å². The monoisotopic (exact) mass is 286 g/mol. The molecule has 2 heterocycles. The highest BCUT2D eigenvalue weighted by Gasteiger charge is 2.06. The second-order valence-electron chi connectivity index (χ2n) is 4.58. The van der Waals surface area contributed by atoms with Gasteiger partial charge in [-0.2, -0.15) is 0 Å². The fourth-order valence-electron chi connectivity index (χ4n) is 2.30. The van der Waals surface area contributed by atoms with Crippen molar-refractivity contribution in [1.29, 1.82) is 0 Å². The molecule has 0 unspecified atom stereocenters. The van der Waals surface area contributed by atoms with Gasteiger partial charge in [0.05, 0.1) is 21.7 Å². The van der Waals surface area contributed by atoms with E-state index in [4.69, 9.17) is 11.6 Å². The highest BCUT2D eigenvalue weighted by molar-refractivity contribution is 6.33. The second-order valence-corrected chi connectivity index (χ2v) is 4.99. The molecule has 0 bridgehead atoms. The lowest BCUT2D eigenvalue weighted by Crippen LogP contribution is -2.11. The SMILES string of the molecule is Cc1nc2ccccc2n1CCNc1ccncc1Cl. The van der Waals surface area contributed by atoms with Gasteiger partial charge in [0, 0.05) is 25.5 Å². The molecule has 5 heteroatoms. The third kappa shape index (κ3) is 2.47. The Hall–Kier alpha value is -2.07. The topological polar surface area (TPSA) is 42.7 Å². The summed E-state index contributed by atoms with van der Waals surface area (Å²) in [5.74, 6) is 1.02. The van der Waals surface area contributed by atoms with E-state index in [0.717, 1.165) is 35.6 Å². The van der Waals surface area contributed by atoms with Crippen molar-refractivity contribution in [2.45, 2.75) is 13.5 Å². The van der Waals surface area contributed by atoms with E-state index < -0.39 is 0 Å². The van der Waals surface area contributed by atoms with Crippen molar-refractivity contribution < 1.29 is 0 Å². The largest absolute Gasteiger partial charge is 0.382 e. The van der Waals surface area contributed by atoms with Gasteiger partial charge in [0.1, 0.15) is 5.82 Å². The van der Waals surface area contributed by atoms with E-state index in [0.29, 0.717) is 5.02 Å². The molecule has 0 aliphatic rings. The molecule has 2 aromatic heterocycles. The summed E-state index contributed by atoms with van der Waals surface area (Å²) in [6.07, 6.45) is 3.37. The van der Waals surface area contributed by atoms with Crippen molar-refractivity contribution in [1.82, 2.24) is 14.5 Å². The maximum atomic E-state index is 6.07. The van der Waals surface area contributed by atoms with Crippen LogP contribution in [-0.2, 0) is 6.54 Å². The zero-order valence-electron chi connectivity index (χ0n) is 11.2. The average Bonchev–Trinajstić information content (AvgIpc) is 2.77. The van der Waals surface area contributed by atoms with Crippen LogP contribution in [0.2, 0.25) is 5.02 Å². The van der Waals surface area contributed by atoms with Crippen LogP contribution in [0.1, 0.15) is 5.82 Å². The van der Waals surface area contributed by atoms with E-state index in [1.54, 1.807) is 12.4 Å². The molecule has 3 aromatic rings. The smallest absolute Gasteiger partial charge is 0.106 e. The summed E-state index contributed by atoms with van der Waals surface area (Å²) < 4.78 is 2.21. The number of hydrogen-bond donors (Lipinski definition) is 1. The summed E-state index contributed by atoms with van der Waals surface area (Å²) in [7, 11) is 0. The molecule has 0 saturated carbocycles. The predicted molar refractivity (Wildman–Crippen MR) is 82.2 cm³/mol. The molecule has 20 heavy (non-hydrogen) atoms. The first-order valence-electron chi connectivity index (χ1n) is 6.51. The lowest BCUT2D eigenvalue weighted by atomic mass is 10.3. The summed E-state index contributed by atoms with van der Waals surface area (Å²) in [5.41, 5.74) is 3.10. The minimum Gasteiger partial charge on any atom is -0.382 e. The number of imidazole rings is 1. The minimum absolute atomic E-state index is 0.639. The van der Waals surface area contributed by atoms with Gasteiger partial charge in [-0.05, 0) is 25.1 Å². The Bertz CT molecular complexity index is 736. The molecular weight excluding hydrogens is 272 g/mol. The fraction of sp³-hybridized carbons (Fsp3) is 0.200. The first-order chi connectivity index (χ1) is 9.75. The Balaban J connectivity index is 1.74. The summed E-state index contributed by atoms with van der Waals surface area (Å²) in [6, 6.07) is 10.0. The predicted octanol–water partition coefficient (Wildman–Crippen LogP) is 3.51. The van der Waals surface area contributed by atoms with Gasteiger partial charge in [-0.3, -0.25) is 4.98 Å². The Kier molecular flexibility index (Phi) is 3.56. The number of benzene rings is 1.